The summed E-state index contributed by atoms with van der Waals surface area (Å²) in [5.74, 6) is 1.05. The maximum Gasteiger partial charge on any atom is 0.157 e. The van der Waals surface area contributed by atoms with Crippen molar-refractivity contribution in [1.29, 1.82) is 0 Å². The average Bonchev–Trinajstić information content (AvgIpc) is 2.77. The van der Waals surface area contributed by atoms with E-state index < -0.39 is 0 Å². The number of anilines is 1. The fourth-order valence-electron chi connectivity index (χ4n) is 1.87. The van der Waals surface area contributed by atoms with Gasteiger partial charge in [-0.2, -0.15) is 5.10 Å². The Kier molecular flexibility index (Phi) is 2.03. The number of nitrogens with one attached hydrogen (secondary N) is 1. The summed E-state index contributed by atoms with van der Waals surface area (Å²) in [6.07, 6.45) is 3.73. The molecule has 0 amide bonds. The Bertz CT molecular complexity index is 458. The zero-order chi connectivity index (χ0) is 10.1. The number of fused-ring (bicyclic) bond motifs is 1. The Morgan fingerprint density at radius 2 is 2.07 bits per heavy atom. The Hall–Kier alpha value is -1.62. The highest BCUT2D eigenvalue weighted by atomic mass is 15.3. The average molecular weight is 203 g/mol. The number of rotatable bonds is 1. The molecule has 1 N–H and O–H groups in total. The predicted molar refractivity (Wildman–Crippen MR) is 58.1 cm³/mol. The van der Waals surface area contributed by atoms with Gasteiger partial charge in [0, 0.05) is 38.4 Å². The molecule has 0 aliphatic carbocycles. The molecule has 1 saturated heterocycles. The van der Waals surface area contributed by atoms with Crippen LogP contribution in [0.2, 0.25) is 0 Å². The van der Waals surface area contributed by atoms with Gasteiger partial charge in [0.15, 0.2) is 5.65 Å². The van der Waals surface area contributed by atoms with E-state index in [9.17, 15) is 0 Å². The van der Waals surface area contributed by atoms with E-state index in [1.54, 1.807) is 10.7 Å². The van der Waals surface area contributed by atoms with Crippen molar-refractivity contribution in [3.8, 4) is 0 Å². The van der Waals surface area contributed by atoms with Crippen LogP contribution in [0.5, 0.6) is 0 Å². The summed E-state index contributed by atoms with van der Waals surface area (Å²) in [7, 11) is 0. The van der Waals surface area contributed by atoms with E-state index in [0.29, 0.717) is 0 Å². The van der Waals surface area contributed by atoms with E-state index in [-0.39, 0.29) is 0 Å². The molecule has 0 spiro atoms. The smallest absolute Gasteiger partial charge is 0.157 e. The minimum atomic E-state index is 0.908. The van der Waals surface area contributed by atoms with Crippen LogP contribution in [-0.4, -0.2) is 40.8 Å². The van der Waals surface area contributed by atoms with Gasteiger partial charge in [-0.05, 0) is 6.07 Å². The van der Waals surface area contributed by atoms with Crippen LogP contribution in [0.15, 0.2) is 24.5 Å². The van der Waals surface area contributed by atoms with Crippen molar-refractivity contribution in [3.05, 3.63) is 24.5 Å². The lowest BCUT2D eigenvalue weighted by molar-refractivity contribution is 0.585. The predicted octanol–water partition coefficient (Wildman–Crippen LogP) is 0.139. The summed E-state index contributed by atoms with van der Waals surface area (Å²) in [6, 6.07) is 3.94. The molecule has 5 heteroatoms. The van der Waals surface area contributed by atoms with Crippen molar-refractivity contribution in [3.63, 3.8) is 0 Å². The van der Waals surface area contributed by atoms with Gasteiger partial charge in [0.1, 0.15) is 5.82 Å². The van der Waals surface area contributed by atoms with E-state index in [0.717, 1.165) is 37.6 Å². The summed E-state index contributed by atoms with van der Waals surface area (Å²) < 4.78 is 1.78. The van der Waals surface area contributed by atoms with Gasteiger partial charge >= 0.3 is 0 Å². The van der Waals surface area contributed by atoms with E-state index >= 15 is 0 Å². The molecule has 2 aromatic rings. The summed E-state index contributed by atoms with van der Waals surface area (Å²) in [5, 5.41) is 7.46. The molecule has 0 saturated carbocycles. The summed E-state index contributed by atoms with van der Waals surface area (Å²) in [6.45, 7) is 4.12. The highest BCUT2D eigenvalue weighted by Crippen LogP contribution is 2.12. The van der Waals surface area contributed by atoms with E-state index in [4.69, 9.17) is 0 Å². The fourth-order valence-corrected chi connectivity index (χ4v) is 1.87. The third kappa shape index (κ3) is 1.55. The number of piperazine rings is 1. The first-order valence-electron chi connectivity index (χ1n) is 5.19. The molecule has 1 aliphatic rings. The molecule has 5 nitrogen and oxygen atoms in total. The van der Waals surface area contributed by atoms with E-state index in [2.05, 4.69) is 20.3 Å². The minimum absolute atomic E-state index is 0.908. The van der Waals surface area contributed by atoms with Gasteiger partial charge in [-0.15, -0.1) is 0 Å². The molecule has 0 bridgehead atoms. The summed E-state index contributed by atoms with van der Waals surface area (Å²) >= 11 is 0. The normalized spacial score (nSPS) is 17.2. The van der Waals surface area contributed by atoms with Crippen LogP contribution in [0, 0.1) is 0 Å². The van der Waals surface area contributed by atoms with Gasteiger partial charge < -0.3 is 10.2 Å². The van der Waals surface area contributed by atoms with Crippen molar-refractivity contribution in [2.75, 3.05) is 31.1 Å². The van der Waals surface area contributed by atoms with Crippen molar-refractivity contribution in [1.82, 2.24) is 19.9 Å². The fraction of sp³-hybridized carbons (Fsp3) is 0.400. The van der Waals surface area contributed by atoms with Crippen LogP contribution in [0.25, 0.3) is 5.65 Å². The lowest BCUT2D eigenvalue weighted by atomic mass is 10.3. The third-order valence-electron chi connectivity index (χ3n) is 2.68. The lowest BCUT2D eigenvalue weighted by Crippen LogP contribution is -2.43. The van der Waals surface area contributed by atoms with E-state index in [1.807, 2.05) is 18.3 Å². The molecule has 3 heterocycles. The lowest BCUT2D eigenvalue weighted by Gasteiger charge is -2.28. The molecule has 1 fully saturated rings. The molecule has 0 atom stereocenters. The molecule has 1 aliphatic heterocycles. The van der Waals surface area contributed by atoms with Crippen molar-refractivity contribution >= 4 is 11.5 Å². The second-order valence-corrected chi connectivity index (χ2v) is 3.66. The van der Waals surface area contributed by atoms with Crippen molar-refractivity contribution < 1.29 is 0 Å². The number of nitrogens with zero attached hydrogens (tertiary/aromatic N) is 4. The second kappa shape index (κ2) is 3.51. The SMILES string of the molecule is c1cc2nc(N3CCNCC3)ccn2n1. The van der Waals surface area contributed by atoms with Gasteiger partial charge in [-0.3, -0.25) is 0 Å². The molecular formula is C10H13N5. The van der Waals surface area contributed by atoms with Crippen LogP contribution in [0.4, 0.5) is 5.82 Å². The molecule has 3 rings (SSSR count). The van der Waals surface area contributed by atoms with Gasteiger partial charge in [-0.25, -0.2) is 9.50 Å². The zero-order valence-electron chi connectivity index (χ0n) is 8.43. The molecular weight excluding hydrogens is 190 g/mol. The Balaban J connectivity index is 1.95. The van der Waals surface area contributed by atoms with Gasteiger partial charge in [0.2, 0.25) is 0 Å². The molecule has 0 radical (unpaired) electrons. The van der Waals surface area contributed by atoms with Crippen molar-refractivity contribution in [2.45, 2.75) is 0 Å². The monoisotopic (exact) mass is 203 g/mol. The standard InChI is InChI=1S/C10H13N5/c1-3-12-15-6-2-9(13-10(1)15)14-7-4-11-5-8-14/h1-3,6,11H,4-5,7-8H2. The molecule has 15 heavy (non-hydrogen) atoms. The summed E-state index contributed by atoms with van der Waals surface area (Å²) in [4.78, 5) is 6.85. The van der Waals surface area contributed by atoms with Crippen LogP contribution in [0.1, 0.15) is 0 Å². The highest BCUT2D eigenvalue weighted by Gasteiger charge is 2.11. The van der Waals surface area contributed by atoms with Gasteiger partial charge in [-0.1, -0.05) is 0 Å². The first kappa shape index (κ1) is 8.67. The molecule has 2 aromatic heterocycles. The molecule has 0 unspecified atom stereocenters. The van der Waals surface area contributed by atoms with Crippen LogP contribution in [-0.2, 0) is 0 Å². The van der Waals surface area contributed by atoms with Crippen molar-refractivity contribution in [2.24, 2.45) is 0 Å². The van der Waals surface area contributed by atoms with Gasteiger partial charge in [0.25, 0.3) is 0 Å². The molecule has 0 aromatic carbocycles. The topological polar surface area (TPSA) is 45.5 Å². The Labute approximate surface area is 87.7 Å². The largest absolute Gasteiger partial charge is 0.354 e. The van der Waals surface area contributed by atoms with Crippen LogP contribution >= 0.6 is 0 Å². The zero-order valence-corrected chi connectivity index (χ0v) is 8.43. The quantitative estimate of drug-likeness (QED) is 0.716. The first-order valence-corrected chi connectivity index (χ1v) is 5.19. The number of hydrogen-bond donors (Lipinski definition) is 1. The maximum absolute atomic E-state index is 4.56. The van der Waals surface area contributed by atoms with Gasteiger partial charge in [0.05, 0.1) is 6.20 Å². The summed E-state index contributed by atoms with van der Waals surface area (Å²) in [5.41, 5.74) is 0.908. The Morgan fingerprint density at radius 1 is 1.20 bits per heavy atom. The maximum atomic E-state index is 4.56. The van der Waals surface area contributed by atoms with Crippen LogP contribution in [0.3, 0.4) is 0 Å². The second-order valence-electron chi connectivity index (χ2n) is 3.66. The molecule has 78 valence electrons. The minimum Gasteiger partial charge on any atom is -0.354 e. The van der Waals surface area contributed by atoms with Crippen LogP contribution < -0.4 is 10.2 Å². The first-order chi connectivity index (χ1) is 7.43. The highest BCUT2D eigenvalue weighted by molar-refractivity contribution is 5.47. The Morgan fingerprint density at radius 3 is 2.93 bits per heavy atom. The number of aromatic nitrogens is 3. The number of hydrogen-bond acceptors (Lipinski definition) is 4. The third-order valence-corrected chi connectivity index (χ3v) is 2.68. The van der Waals surface area contributed by atoms with E-state index in [1.165, 1.54) is 0 Å².